The highest BCUT2D eigenvalue weighted by Crippen LogP contribution is 2.26. The number of nitrogens with one attached hydrogen (secondary N) is 2. The number of unbranched alkanes of at least 4 members (excludes halogenated alkanes) is 1. The molecule has 0 aliphatic carbocycles. The molecule has 10 heteroatoms. The number of aromatic hydroxyl groups is 1. The number of hydrogen-bond donors (Lipinski definition) is 4. The van der Waals surface area contributed by atoms with Gasteiger partial charge in [0.05, 0.1) is 6.42 Å². The number of rotatable bonds is 13. The van der Waals surface area contributed by atoms with Gasteiger partial charge >= 0.3 is 6.09 Å². The maximum atomic E-state index is 13.8. The van der Waals surface area contributed by atoms with Crippen molar-refractivity contribution in [3.05, 3.63) is 29.8 Å². The van der Waals surface area contributed by atoms with E-state index in [2.05, 4.69) is 10.6 Å². The van der Waals surface area contributed by atoms with Crippen molar-refractivity contribution in [1.82, 2.24) is 15.5 Å². The zero-order valence-corrected chi connectivity index (χ0v) is 22.3. The highest BCUT2D eigenvalue weighted by Gasteiger charge is 2.37. The molecule has 0 heterocycles. The van der Waals surface area contributed by atoms with Crippen LogP contribution in [-0.2, 0) is 19.1 Å². The molecular weight excluding hydrogens is 464 g/mol. The van der Waals surface area contributed by atoms with Crippen LogP contribution in [0.1, 0.15) is 85.3 Å². The number of hydrogen-bond acceptors (Lipinski definition) is 6. The monoisotopic (exact) mass is 506 g/mol. The van der Waals surface area contributed by atoms with Crippen molar-refractivity contribution in [2.24, 2.45) is 5.73 Å². The number of ether oxygens (including phenoxy) is 1. The average Bonchev–Trinajstić information content (AvgIpc) is 2.75. The quantitative estimate of drug-likeness (QED) is 0.323. The summed E-state index contributed by atoms with van der Waals surface area (Å²) in [5.74, 6) is -1.81. The molecule has 1 aromatic carbocycles. The first-order valence-corrected chi connectivity index (χ1v) is 12.5. The molecule has 0 aliphatic rings. The van der Waals surface area contributed by atoms with Crippen LogP contribution in [0.2, 0.25) is 0 Å². The maximum Gasteiger partial charge on any atom is 0.408 e. The summed E-state index contributed by atoms with van der Waals surface area (Å²) in [6.07, 6.45) is 1.59. The average molecular weight is 507 g/mol. The number of carbonyl (C=O) groups is 4. The first-order chi connectivity index (χ1) is 16.8. The molecule has 0 bridgehead atoms. The largest absolute Gasteiger partial charge is 0.508 e. The zero-order valence-electron chi connectivity index (χ0n) is 22.3. The van der Waals surface area contributed by atoms with Crippen LogP contribution in [0.25, 0.3) is 0 Å². The number of alkyl carbamates (subject to hydrolysis) is 1. The molecule has 1 aromatic rings. The Kier molecular flexibility index (Phi) is 12.2. The van der Waals surface area contributed by atoms with E-state index in [0.29, 0.717) is 12.0 Å². The lowest BCUT2D eigenvalue weighted by atomic mass is 10.0. The summed E-state index contributed by atoms with van der Waals surface area (Å²) in [5, 5.41) is 15.2. The molecule has 0 radical (unpaired) electrons. The summed E-state index contributed by atoms with van der Waals surface area (Å²) in [5.41, 5.74) is 5.05. The molecule has 4 amide bonds. The van der Waals surface area contributed by atoms with E-state index in [1.54, 1.807) is 32.9 Å². The zero-order chi connectivity index (χ0) is 27.5. The predicted octanol–water partition coefficient (Wildman–Crippen LogP) is 3.14. The molecule has 3 atom stereocenters. The molecule has 10 nitrogen and oxygen atoms in total. The lowest BCUT2D eigenvalue weighted by molar-refractivity contribution is -0.143. The van der Waals surface area contributed by atoms with Crippen molar-refractivity contribution in [2.75, 3.05) is 6.54 Å². The van der Waals surface area contributed by atoms with Gasteiger partial charge in [0.1, 0.15) is 23.4 Å². The Morgan fingerprint density at radius 2 is 1.67 bits per heavy atom. The minimum atomic E-state index is -1.32. The van der Waals surface area contributed by atoms with E-state index in [0.717, 1.165) is 19.3 Å². The van der Waals surface area contributed by atoms with Crippen molar-refractivity contribution in [1.29, 1.82) is 0 Å². The van der Waals surface area contributed by atoms with E-state index in [9.17, 15) is 24.3 Å². The number of phenols is 1. The smallest absolute Gasteiger partial charge is 0.408 e. The number of phenolic OH excluding ortho intramolecular Hbond substituents is 1. The lowest BCUT2D eigenvalue weighted by Crippen LogP contribution is -2.54. The molecule has 0 fully saturated rings. The number of nitrogens with zero attached hydrogens (tertiary/aromatic N) is 1. The molecule has 5 N–H and O–H groups in total. The van der Waals surface area contributed by atoms with Gasteiger partial charge in [-0.3, -0.25) is 14.4 Å². The second-order valence-corrected chi connectivity index (χ2v) is 9.95. The van der Waals surface area contributed by atoms with Gasteiger partial charge in [0.15, 0.2) is 0 Å². The Morgan fingerprint density at radius 3 is 2.17 bits per heavy atom. The highest BCUT2D eigenvalue weighted by molar-refractivity contribution is 5.94. The van der Waals surface area contributed by atoms with Gasteiger partial charge in [0.2, 0.25) is 17.7 Å². The van der Waals surface area contributed by atoms with E-state index < -0.39 is 47.9 Å². The fourth-order valence-electron chi connectivity index (χ4n) is 3.70. The van der Waals surface area contributed by atoms with Crippen LogP contribution in [0.4, 0.5) is 4.79 Å². The van der Waals surface area contributed by atoms with E-state index in [1.807, 2.05) is 20.8 Å². The van der Waals surface area contributed by atoms with Gasteiger partial charge in [0, 0.05) is 12.6 Å². The van der Waals surface area contributed by atoms with Crippen molar-refractivity contribution in [3.8, 4) is 5.75 Å². The van der Waals surface area contributed by atoms with Crippen LogP contribution in [0.3, 0.4) is 0 Å². The molecule has 36 heavy (non-hydrogen) atoms. The lowest BCUT2D eigenvalue weighted by Gasteiger charge is -2.35. The van der Waals surface area contributed by atoms with Crippen molar-refractivity contribution >= 4 is 23.8 Å². The van der Waals surface area contributed by atoms with Crippen LogP contribution >= 0.6 is 0 Å². The predicted molar refractivity (Wildman–Crippen MR) is 137 cm³/mol. The van der Waals surface area contributed by atoms with Gasteiger partial charge in [-0.25, -0.2) is 4.79 Å². The summed E-state index contributed by atoms with van der Waals surface area (Å²) >= 11 is 0. The van der Waals surface area contributed by atoms with Gasteiger partial charge in [-0.2, -0.15) is 0 Å². The summed E-state index contributed by atoms with van der Waals surface area (Å²) in [4.78, 5) is 52.9. The molecule has 0 saturated carbocycles. The van der Waals surface area contributed by atoms with Crippen LogP contribution in [0.15, 0.2) is 24.3 Å². The summed E-state index contributed by atoms with van der Waals surface area (Å²) in [7, 11) is 0. The molecule has 0 spiro atoms. The minimum absolute atomic E-state index is 0.0156. The summed E-state index contributed by atoms with van der Waals surface area (Å²) in [6, 6.07) is 3.50. The Labute approximate surface area is 213 Å². The van der Waals surface area contributed by atoms with Crippen LogP contribution in [0.5, 0.6) is 5.75 Å². The second kappa shape index (κ2) is 14.3. The van der Waals surface area contributed by atoms with Gasteiger partial charge in [-0.1, -0.05) is 38.8 Å². The molecule has 3 unspecified atom stereocenters. The van der Waals surface area contributed by atoms with Crippen LogP contribution < -0.4 is 16.4 Å². The van der Waals surface area contributed by atoms with Crippen molar-refractivity contribution in [2.45, 2.75) is 97.4 Å². The molecule has 0 saturated heterocycles. The number of benzene rings is 1. The Hall–Kier alpha value is -3.30. The molecule has 202 valence electrons. The normalized spacial score (nSPS) is 13.7. The van der Waals surface area contributed by atoms with Gasteiger partial charge in [-0.15, -0.1) is 0 Å². The molecular formula is C26H42N4O6. The third-order valence-corrected chi connectivity index (χ3v) is 5.31. The van der Waals surface area contributed by atoms with E-state index in [-0.39, 0.29) is 18.3 Å². The number of primary amides is 1. The second-order valence-electron chi connectivity index (χ2n) is 9.95. The fourth-order valence-corrected chi connectivity index (χ4v) is 3.70. The van der Waals surface area contributed by atoms with Gasteiger partial charge < -0.3 is 31.1 Å². The Morgan fingerprint density at radius 1 is 1.06 bits per heavy atom. The van der Waals surface area contributed by atoms with E-state index in [1.165, 1.54) is 17.0 Å². The van der Waals surface area contributed by atoms with Gasteiger partial charge in [0.25, 0.3) is 0 Å². The minimum Gasteiger partial charge on any atom is -0.508 e. The molecule has 0 aromatic heterocycles. The van der Waals surface area contributed by atoms with Crippen LogP contribution in [0, 0.1) is 0 Å². The van der Waals surface area contributed by atoms with Crippen LogP contribution in [-0.4, -0.2) is 58.1 Å². The fraction of sp³-hybridized carbons (Fsp3) is 0.615. The van der Waals surface area contributed by atoms with Crippen molar-refractivity contribution in [3.63, 3.8) is 0 Å². The summed E-state index contributed by atoms with van der Waals surface area (Å²) < 4.78 is 5.27. The Bertz CT molecular complexity index is 881. The van der Waals surface area contributed by atoms with E-state index >= 15 is 0 Å². The number of amides is 4. The summed E-state index contributed by atoms with van der Waals surface area (Å²) in [6.45, 7) is 11.1. The molecule has 1 rings (SSSR count). The Balaban J connectivity index is 3.46. The van der Waals surface area contributed by atoms with Gasteiger partial charge in [-0.05, 0) is 58.2 Å². The standard InChI is InChI=1S/C26H42N4O6/c1-7-9-15-30(24(34)20(16-21(27)32)29-25(35)36-26(4,5)6)22(18-11-13-19(31)14-12-18)23(33)28-17(3)10-8-2/h11-14,17,20,22,31H,7-10,15-16H2,1-6H3,(H2,27,32)(H,28,33)(H,29,35). The topological polar surface area (TPSA) is 151 Å². The third-order valence-electron chi connectivity index (χ3n) is 5.31. The maximum absolute atomic E-state index is 13.8. The van der Waals surface area contributed by atoms with Crippen molar-refractivity contribution < 1.29 is 29.0 Å². The number of nitrogens with two attached hydrogens (primary N) is 1. The first-order valence-electron chi connectivity index (χ1n) is 12.5. The molecule has 0 aliphatic heterocycles. The SMILES string of the molecule is CCCCN(C(=O)C(CC(N)=O)NC(=O)OC(C)(C)C)C(C(=O)NC(C)CCC)c1ccc(O)cc1. The highest BCUT2D eigenvalue weighted by atomic mass is 16.6. The first kappa shape index (κ1) is 30.7. The number of carbonyl (C=O) groups excluding carboxylic acids is 4. The van der Waals surface area contributed by atoms with E-state index in [4.69, 9.17) is 10.5 Å². The third kappa shape index (κ3) is 10.5.